The summed E-state index contributed by atoms with van der Waals surface area (Å²) in [5, 5.41) is 3.16. The number of hydrogen-bond acceptors (Lipinski definition) is 4. The van der Waals surface area contributed by atoms with Gasteiger partial charge in [-0.15, -0.1) is 12.4 Å². The quantitative estimate of drug-likeness (QED) is 0.855. The van der Waals surface area contributed by atoms with Crippen molar-refractivity contribution in [3.05, 3.63) is 24.2 Å². The molecule has 0 radical (unpaired) electrons. The number of carbonyl (C=O) groups excluding carboxylic acids is 2. The van der Waals surface area contributed by atoms with E-state index in [4.69, 9.17) is 10.2 Å². The maximum atomic E-state index is 12.6. The lowest BCUT2D eigenvalue weighted by molar-refractivity contribution is -0.129. The van der Waals surface area contributed by atoms with Crippen LogP contribution < -0.4 is 11.1 Å². The van der Waals surface area contributed by atoms with Crippen LogP contribution in [0.1, 0.15) is 56.0 Å². The molecule has 25 heavy (non-hydrogen) atoms. The van der Waals surface area contributed by atoms with Gasteiger partial charge in [-0.05, 0) is 44.7 Å². The monoisotopic (exact) mass is 369 g/mol. The van der Waals surface area contributed by atoms with Gasteiger partial charge in [-0.3, -0.25) is 9.59 Å². The van der Waals surface area contributed by atoms with E-state index in [1.807, 2.05) is 6.92 Å². The second kappa shape index (κ2) is 8.23. The smallest absolute Gasteiger partial charge is 0.289 e. The number of rotatable bonds is 3. The summed E-state index contributed by atoms with van der Waals surface area (Å²) in [5.74, 6) is 0.273. The summed E-state index contributed by atoms with van der Waals surface area (Å²) < 4.78 is 5.17. The van der Waals surface area contributed by atoms with Gasteiger partial charge >= 0.3 is 0 Å². The largest absolute Gasteiger partial charge is 0.459 e. The fourth-order valence-corrected chi connectivity index (χ4v) is 3.87. The van der Waals surface area contributed by atoms with Crippen molar-refractivity contribution in [3.8, 4) is 0 Å². The van der Waals surface area contributed by atoms with Crippen molar-refractivity contribution < 1.29 is 14.0 Å². The molecular formula is C18H28ClN3O3. The number of nitrogens with two attached hydrogens (primary N) is 1. The van der Waals surface area contributed by atoms with Crippen molar-refractivity contribution in [2.75, 3.05) is 13.1 Å². The highest BCUT2D eigenvalue weighted by Crippen LogP contribution is 2.32. The molecule has 7 heteroatoms. The first-order chi connectivity index (χ1) is 11.5. The zero-order valence-electron chi connectivity index (χ0n) is 14.7. The average molecular weight is 370 g/mol. The number of likely N-dealkylation sites (tertiary alicyclic amines) is 1. The zero-order chi connectivity index (χ0) is 17.2. The second-order valence-corrected chi connectivity index (χ2v) is 7.36. The van der Waals surface area contributed by atoms with Gasteiger partial charge in [-0.25, -0.2) is 0 Å². The van der Waals surface area contributed by atoms with Crippen LogP contribution in [-0.4, -0.2) is 41.4 Å². The number of carbonyl (C=O) groups is 2. The van der Waals surface area contributed by atoms with Gasteiger partial charge in [0.25, 0.3) is 5.91 Å². The Morgan fingerprint density at radius 3 is 2.60 bits per heavy atom. The fourth-order valence-electron chi connectivity index (χ4n) is 3.87. The first-order valence-electron chi connectivity index (χ1n) is 8.89. The molecule has 0 aromatic carbocycles. The van der Waals surface area contributed by atoms with Crippen LogP contribution in [0.15, 0.2) is 22.8 Å². The van der Waals surface area contributed by atoms with Gasteiger partial charge in [0.05, 0.1) is 12.2 Å². The van der Waals surface area contributed by atoms with Crippen molar-refractivity contribution >= 4 is 24.2 Å². The summed E-state index contributed by atoms with van der Waals surface area (Å²) in [7, 11) is 0. The molecule has 3 rings (SSSR count). The third-order valence-corrected chi connectivity index (χ3v) is 5.43. The van der Waals surface area contributed by atoms with E-state index in [-0.39, 0.29) is 36.2 Å². The molecule has 1 aromatic heterocycles. The van der Waals surface area contributed by atoms with Crippen molar-refractivity contribution in [3.63, 3.8) is 0 Å². The van der Waals surface area contributed by atoms with Crippen LogP contribution in [0.5, 0.6) is 0 Å². The number of piperidine rings is 1. The number of furan rings is 1. The fraction of sp³-hybridized carbons (Fsp3) is 0.667. The molecule has 140 valence electrons. The predicted octanol–water partition coefficient (Wildman–Crippen LogP) is 2.33. The van der Waals surface area contributed by atoms with Gasteiger partial charge in [-0.2, -0.15) is 0 Å². The SMILES string of the molecule is CC1(N)CCCCC1C(=O)NC1CCN(C(=O)c2ccco2)CC1.Cl. The molecule has 2 amide bonds. The van der Waals surface area contributed by atoms with Crippen molar-refractivity contribution in [2.45, 2.75) is 57.0 Å². The number of amides is 2. The Bertz CT molecular complexity index is 580. The molecule has 0 spiro atoms. The molecule has 1 saturated carbocycles. The first-order valence-corrected chi connectivity index (χ1v) is 8.89. The Hall–Kier alpha value is -1.53. The van der Waals surface area contributed by atoms with Crippen molar-refractivity contribution in [1.29, 1.82) is 0 Å². The molecule has 2 unspecified atom stereocenters. The Balaban J connectivity index is 0.00000225. The van der Waals surface area contributed by atoms with E-state index in [0.717, 1.165) is 38.5 Å². The third kappa shape index (κ3) is 4.55. The van der Waals surface area contributed by atoms with Crippen LogP contribution in [0.2, 0.25) is 0 Å². The Morgan fingerprint density at radius 2 is 2.00 bits per heavy atom. The number of hydrogen-bond donors (Lipinski definition) is 2. The molecule has 1 aliphatic heterocycles. The van der Waals surface area contributed by atoms with Gasteiger partial charge in [-0.1, -0.05) is 12.8 Å². The molecule has 2 atom stereocenters. The van der Waals surface area contributed by atoms with E-state index < -0.39 is 5.54 Å². The molecule has 6 nitrogen and oxygen atoms in total. The van der Waals surface area contributed by atoms with Gasteiger partial charge in [0, 0.05) is 24.7 Å². The standard InChI is InChI=1S/C18H27N3O3.ClH/c1-18(19)9-3-2-5-14(18)16(22)20-13-7-10-21(11-8-13)17(23)15-6-4-12-24-15;/h4,6,12-14H,2-3,5,7-11,19H2,1H3,(H,20,22);1H. The van der Waals surface area contributed by atoms with Crippen LogP contribution >= 0.6 is 12.4 Å². The Labute approximate surface area is 154 Å². The maximum Gasteiger partial charge on any atom is 0.289 e. The van der Waals surface area contributed by atoms with Crippen molar-refractivity contribution in [2.24, 2.45) is 11.7 Å². The predicted molar refractivity (Wildman–Crippen MR) is 97.6 cm³/mol. The summed E-state index contributed by atoms with van der Waals surface area (Å²) in [4.78, 5) is 26.6. The Kier molecular flexibility index (Phi) is 6.52. The lowest BCUT2D eigenvalue weighted by Gasteiger charge is -2.39. The van der Waals surface area contributed by atoms with Gasteiger partial charge in [0.15, 0.2) is 5.76 Å². The topological polar surface area (TPSA) is 88.6 Å². The highest BCUT2D eigenvalue weighted by Gasteiger charge is 2.38. The molecule has 3 N–H and O–H groups in total. The number of nitrogens with one attached hydrogen (secondary N) is 1. The molecule has 1 aromatic rings. The second-order valence-electron chi connectivity index (χ2n) is 7.36. The summed E-state index contributed by atoms with van der Waals surface area (Å²) in [6, 6.07) is 3.52. The molecule has 1 aliphatic carbocycles. The number of nitrogens with zero attached hydrogens (tertiary/aromatic N) is 1. The van der Waals surface area contributed by atoms with E-state index in [2.05, 4.69) is 5.32 Å². The molecule has 1 saturated heterocycles. The highest BCUT2D eigenvalue weighted by molar-refractivity contribution is 5.91. The van der Waals surface area contributed by atoms with Crippen LogP contribution in [0.4, 0.5) is 0 Å². The lowest BCUT2D eigenvalue weighted by atomic mass is 9.74. The summed E-state index contributed by atoms with van der Waals surface area (Å²) in [5.41, 5.74) is 5.92. The van der Waals surface area contributed by atoms with Crippen LogP contribution in [0, 0.1) is 5.92 Å². The highest BCUT2D eigenvalue weighted by atomic mass is 35.5. The minimum atomic E-state index is -0.404. The molecule has 0 bridgehead atoms. The van der Waals surface area contributed by atoms with Crippen LogP contribution in [-0.2, 0) is 4.79 Å². The van der Waals surface area contributed by atoms with E-state index in [0.29, 0.717) is 18.8 Å². The first kappa shape index (κ1) is 19.8. The summed E-state index contributed by atoms with van der Waals surface area (Å²) in [6.45, 7) is 3.26. The van der Waals surface area contributed by atoms with Gasteiger partial charge in [0.1, 0.15) is 0 Å². The van der Waals surface area contributed by atoms with E-state index in [1.54, 1.807) is 17.0 Å². The van der Waals surface area contributed by atoms with Crippen molar-refractivity contribution in [1.82, 2.24) is 10.2 Å². The van der Waals surface area contributed by atoms with Gasteiger partial charge < -0.3 is 20.4 Å². The van der Waals surface area contributed by atoms with E-state index in [9.17, 15) is 9.59 Å². The molecule has 2 aliphatic rings. The van der Waals surface area contributed by atoms with E-state index >= 15 is 0 Å². The minimum absolute atomic E-state index is 0. The lowest BCUT2D eigenvalue weighted by Crippen LogP contribution is -2.55. The zero-order valence-corrected chi connectivity index (χ0v) is 15.5. The molecule has 2 heterocycles. The summed E-state index contributed by atoms with van der Waals surface area (Å²) in [6.07, 6.45) is 6.99. The van der Waals surface area contributed by atoms with Crippen LogP contribution in [0.3, 0.4) is 0 Å². The minimum Gasteiger partial charge on any atom is -0.459 e. The van der Waals surface area contributed by atoms with E-state index in [1.165, 1.54) is 6.26 Å². The molecule has 2 fully saturated rings. The third-order valence-electron chi connectivity index (χ3n) is 5.43. The van der Waals surface area contributed by atoms with Crippen LogP contribution in [0.25, 0.3) is 0 Å². The Morgan fingerprint density at radius 1 is 1.28 bits per heavy atom. The maximum absolute atomic E-state index is 12.6. The van der Waals surface area contributed by atoms with Gasteiger partial charge in [0.2, 0.25) is 5.91 Å². The number of halogens is 1. The molecular weight excluding hydrogens is 342 g/mol. The average Bonchev–Trinajstić information content (AvgIpc) is 3.09. The normalized spacial score (nSPS) is 27.4. The summed E-state index contributed by atoms with van der Waals surface area (Å²) >= 11 is 0.